The summed E-state index contributed by atoms with van der Waals surface area (Å²) in [5.41, 5.74) is 2.18. The lowest BCUT2D eigenvalue weighted by Gasteiger charge is -2.10. The van der Waals surface area contributed by atoms with E-state index in [1.807, 2.05) is 42.5 Å². The Kier molecular flexibility index (Phi) is 6.56. The van der Waals surface area contributed by atoms with E-state index < -0.39 is 5.97 Å². The number of thioether (sulfide) groups is 1. The Hall–Kier alpha value is -3.58. The fourth-order valence-corrected chi connectivity index (χ4v) is 4.12. The van der Waals surface area contributed by atoms with Crippen molar-refractivity contribution in [2.45, 2.75) is 19.8 Å². The molecule has 0 radical (unpaired) electrons. The molecule has 3 aromatic rings. The van der Waals surface area contributed by atoms with E-state index in [0.717, 1.165) is 28.5 Å². The van der Waals surface area contributed by atoms with Crippen molar-refractivity contribution in [1.29, 1.82) is 0 Å². The van der Waals surface area contributed by atoms with Gasteiger partial charge in [-0.25, -0.2) is 4.99 Å². The maximum atomic E-state index is 12.6. The quantitative estimate of drug-likeness (QED) is 0.490. The zero-order valence-corrected chi connectivity index (χ0v) is 18.3. The number of carbonyl (C=O) groups excluding carboxylic acids is 1. The van der Waals surface area contributed by atoms with E-state index in [4.69, 9.17) is 9.84 Å². The standard InChI is InChI=1S/C25H22N2O4S/c1-2-11-31-21-14-18-6-4-3-5-17(18)13-19(21)15-22-24(30)27-25(32-22)26-20-9-7-16(8-10-20)12-23(28)29/h3-10,13-15H,2,11-12H2,1H3,(H,28,29)(H,26,27,30)/b22-15+. The van der Waals surface area contributed by atoms with Crippen LogP contribution in [0.3, 0.4) is 0 Å². The largest absolute Gasteiger partial charge is 0.493 e. The smallest absolute Gasteiger partial charge is 0.307 e. The maximum Gasteiger partial charge on any atom is 0.307 e. The van der Waals surface area contributed by atoms with Gasteiger partial charge in [-0.15, -0.1) is 0 Å². The van der Waals surface area contributed by atoms with Gasteiger partial charge in [0.15, 0.2) is 5.17 Å². The Morgan fingerprint density at radius 2 is 1.84 bits per heavy atom. The lowest BCUT2D eigenvalue weighted by molar-refractivity contribution is -0.136. The molecular formula is C25H22N2O4S. The number of benzene rings is 3. The molecule has 7 heteroatoms. The van der Waals surface area contributed by atoms with Crippen molar-refractivity contribution in [3.63, 3.8) is 0 Å². The van der Waals surface area contributed by atoms with Gasteiger partial charge in [-0.05, 0) is 64.9 Å². The Morgan fingerprint density at radius 3 is 2.53 bits per heavy atom. The van der Waals surface area contributed by atoms with Crippen LogP contribution in [-0.2, 0) is 16.0 Å². The minimum Gasteiger partial charge on any atom is -0.493 e. The molecule has 1 amide bonds. The Balaban J connectivity index is 1.59. The fraction of sp³-hybridized carbons (Fsp3) is 0.160. The van der Waals surface area contributed by atoms with Crippen molar-refractivity contribution in [1.82, 2.24) is 5.32 Å². The lowest BCUT2D eigenvalue weighted by atomic mass is 10.1. The van der Waals surface area contributed by atoms with E-state index in [9.17, 15) is 9.59 Å². The molecule has 1 aliphatic heterocycles. The van der Waals surface area contributed by atoms with Crippen LogP contribution >= 0.6 is 11.8 Å². The number of amidine groups is 1. The topological polar surface area (TPSA) is 88.0 Å². The predicted octanol–water partition coefficient (Wildman–Crippen LogP) is 5.15. The fourth-order valence-electron chi connectivity index (χ4n) is 3.29. The normalized spacial score (nSPS) is 16.0. The van der Waals surface area contributed by atoms with Crippen LogP contribution in [0.1, 0.15) is 24.5 Å². The molecule has 1 aliphatic rings. The summed E-state index contributed by atoms with van der Waals surface area (Å²) in [4.78, 5) is 28.4. The van der Waals surface area contributed by atoms with Gasteiger partial charge in [0, 0.05) is 5.56 Å². The number of carboxylic acids is 1. The predicted molar refractivity (Wildman–Crippen MR) is 128 cm³/mol. The third-order valence-electron chi connectivity index (χ3n) is 4.80. The van der Waals surface area contributed by atoms with Crippen molar-refractivity contribution in [3.8, 4) is 5.75 Å². The van der Waals surface area contributed by atoms with Gasteiger partial charge in [0.05, 0.1) is 23.6 Å². The first-order valence-corrected chi connectivity index (χ1v) is 11.1. The number of hydrogen-bond acceptors (Lipinski definition) is 5. The number of nitrogens with one attached hydrogen (secondary N) is 1. The number of carbonyl (C=O) groups is 2. The van der Waals surface area contributed by atoms with Crippen LogP contribution in [-0.4, -0.2) is 28.8 Å². The summed E-state index contributed by atoms with van der Waals surface area (Å²) in [6.07, 6.45) is 2.68. The van der Waals surface area contributed by atoms with E-state index in [1.165, 1.54) is 11.8 Å². The van der Waals surface area contributed by atoms with Crippen molar-refractivity contribution in [2.75, 3.05) is 6.61 Å². The number of aliphatic imine (C=N–C) groups is 1. The van der Waals surface area contributed by atoms with Crippen LogP contribution < -0.4 is 10.1 Å². The minimum absolute atomic E-state index is 0.0383. The molecule has 0 saturated carbocycles. The summed E-state index contributed by atoms with van der Waals surface area (Å²) in [7, 11) is 0. The molecule has 0 aromatic heterocycles. The van der Waals surface area contributed by atoms with Crippen molar-refractivity contribution in [2.24, 2.45) is 4.99 Å². The number of rotatable bonds is 7. The number of nitrogens with zero attached hydrogens (tertiary/aromatic N) is 1. The van der Waals surface area contributed by atoms with E-state index in [-0.39, 0.29) is 12.3 Å². The number of amides is 1. The van der Waals surface area contributed by atoms with Gasteiger partial charge in [-0.3, -0.25) is 9.59 Å². The summed E-state index contributed by atoms with van der Waals surface area (Å²) in [6.45, 7) is 2.65. The second-order valence-electron chi connectivity index (χ2n) is 7.30. The molecule has 0 unspecified atom stereocenters. The van der Waals surface area contributed by atoms with Crippen LogP contribution in [0.4, 0.5) is 5.69 Å². The molecule has 162 valence electrons. The monoisotopic (exact) mass is 446 g/mol. The molecule has 32 heavy (non-hydrogen) atoms. The molecule has 3 aromatic carbocycles. The van der Waals surface area contributed by atoms with E-state index in [2.05, 4.69) is 17.2 Å². The summed E-state index contributed by atoms with van der Waals surface area (Å²) in [6, 6.07) is 19.0. The number of carboxylic acid groups (broad SMARTS) is 1. The van der Waals surface area contributed by atoms with Crippen LogP contribution in [0.15, 0.2) is 70.6 Å². The lowest BCUT2D eigenvalue weighted by Crippen LogP contribution is -2.19. The minimum atomic E-state index is -0.881. The van der Waals surface area contributed by atoms with E-state index in [0.29, 0.717) is 27.9 Å². The first kappa shape index (κ1) is 21.6. The zero-order chi connectivity index (χ0) is 22.5. The number of aliphatic carboxylic acids is 1. The summed E-state index contributed by atoms with van der Waals surface area (Å²) in [5, 5.41) is 14.3. The zero-order valence-electron chi connectivity index (χ0n) is 17.5. The molecule has 4 rings (SSSR count). The molecule has 0 atom stereocenters. The average Bonchev–Trinajstić information content (AvgIpc) is 3.11. The highest BCUT2D eigenvalue weighted by Crippen LogP contribution is 2.33. The molecule has 1 fully saturated rings. The maximum absolute atomic E-state index is 12.6. The average molecular weight is 447 g/mol. The highest BCUT2D eigenvalue weighted by molar-refractivity contribution is 8.18. The van der Waals surface area contributed by atoms with Gasteiger partial charge in [0.25, 0.3) is 5.91 Å². The molecule has 0 bridgehead atoms. The van der Waals surface area contributed by atoms with Crippen LogP contribution in [0.5, 0.6) is 5.75 Å². The van der Waals surface area contributed by atoms with Crippen LogP contribution in [0.25, 0.3) is 16.8 Å². The summed E-state index contributed by atoms with van der Waals surface area (Å²) >= 11 is 1.26. The molecule has 2 N–H and O–H groups in total. The van der Waals surface area contributed by atoms with E-state index >= 15 is 0 Å². The second-order valence-corrected chi connectivity index (χ2v) is 8.33. The highest BCUT2D eigenvalue weighted by Gasteiger charge is 2.24. The Morgan fingerprint density at radius 1 is 1.12 bits per heavy atom. The van der Waals surface area contributed by atoms with Gasteiger partial charge >= 0.3 is 5.97 Å². The summed E-state index contributed by atoms with van der Waals surface area (Å²) in [5.74, 6) is -0.356. The molecule has 0 aliphatic carbocycles. The van der Waals surface area contributed by atoms with Gasteiger partial charge < -0.3 is 15.2 Å². The molecule has 1 heterocycles. The number of hydrogen-bond donors (Lipinski definition) is 2. The van der Waals surface area contributed by atoms with E-state index in [1.54, 1.807) is 24.3 Å². The van der Waals surface area contributed by atoms with Gasteiger partial charge in [0.1, 0.15) is 5.75 Å². The highest BCUT2D eigenvalue weighted by atomic mass is 32.2. The molecule has 6 nitrogen and oxygen atoms in total. The SMILES string of the molecule is CCCOc1cc2ccccc2cc1/C=C1/SC(=Nc2ccc(CC(=O)O)cc2)NC1=O. The van der Waals surface area contributed by atoms with Crippen molar-refractivity contribution < 1.29 is 19.4 Å². The third-order valence-corrected chi connectivity index (χ3v) is 5.71. The number of fused-ring (bicyclic) bond motifs is 1. The molecular weight excluding hydrogens is 424 g/mol. The van der Waals surface area contributed by atoms with Crippen molar-refractivity contribution >= 4 is 51.3 Å². The number of ether oxygens (including phenoxy) is 1. The van der Waals surface area contributed by atoms with Crippen molar-refractivity contribution in [3.05, 3.63) is 76.7 Å². The molecule has 1 saturated heterocycles. The van der Waals surface area contributed by atoms with Gasteiger partial charge in [0.2, 0.25) is 0 Å². The first-order valence-electron chi connectivity index (χ1n) is 10.3. The molecule has 0 spiro atoms. The van der Waals surface area contributed by atoms with Gasteiger partial charge in [-0.2, -0.15) is 0 Å². The Labute approximate surface area is 190 Å². The first-order chi connectivity index (χ1) is 15.5. The third kappa shape index (κ3) is 5.18. The van der Waals surface area contributed by atoms with Crippen LogP contribution in [0.2, 0.25) is 0 Å². The van der Waals surface area contributed by atoms with Crippen LogP contribution in [0, 0.1) is 0 Å². The summed E-state index contributed by atoms with van der Waals surface area (Å²) < 4.78 is 5.94. The van der Waals surface area contributed by atoms with Gasteiger partial charge in [-0.1, -0.05) is 43.3 Å². The second kappa shape index (κ2) is 9.70. The Bertz CT molecular complexity index is 1230.